The molecule has 1 saturated heterocycles. The number of benzene rings is 1. The number of thiophene rings is 1. The minimum atomic E-state index is 0.802. The molecule has 1 aliphatic rings. The molecule has 1 aliphatic heterocycles. The van der Waals surface area contributed by atoms with E-state index in [0.717, 1.165) is 53.6 Å². The van der Waals surface area contributed by atoms with Crippen LogP contribution in [0.5, 0.6) is 0 Å². The Labute approximate surface area is 195 Å². The number of likely N-dealkylation sites (tertiary alicyclic amines) is 1. The number of nitrogens with zero attached hydrogens (tertiary/aromatic N) is 5. The van der Waals surface area contributed by atoms with Crippen molar-refractivity contribution in [1.82, 2.24) is 24.6 Å². The lowest BCUT2D eigenvalue weighted by molar-refractivity contribution is 0.213. The molecule has 4 aromatic rings. The Bertz CT molecular complexity index is 1080. The van der Waals surface area contributed by atoms with E-state index in [9.17, 15) is 0 Å². The van der Waals surface area contributed by atoms with Gasteiger partial charge in [0, 0.05) is 22.1 Å². The van der Waals surface area contributed by atoms with E-state index in [-0.39, 0.29) is 0 Å². The van der Waals surface area contributed by atoms with Crippen molar-refractivity contribution in [3.8, 4) is 10.6 Å². The van der Waals surface area contributed by atoms with Crippen molar-refractivity contribution in [2.75, 3.05) is 13.1 Å². The quantitative estimate of drug-likeness (QED) is 0.307. The molecule has 0 saturated carbocycles. The van der Waals surface area contributed by atoms with Crippen LogP contribution in [-0.4, -0.2) is 37.7 Å². The SMILES string of the molecule is c1ccc(Cn2c(CN3CCCCC3)nnc2SCc2csc(-c3ccsc3)n2)cc1. The molecular weight excluding hydrogens is 442 g/mol. The highest BCUT2D eigenvalue weighted by Crippen LogP contribution is 2.29. The number of piperidine rings is 1. The molecule has 160 valence electrons. The van der Waals surface area contributed by atoms with Crippen LogP contribution >= 0.6 is 34.4 Å². The smallest absolute Gasteiger partial charge is 0.191 e. The third-order valence-corrected chi connectivity index (χ3v) is 8.08. The fraction of sp³-hybridized carbons (Fsp3) is 0.348. The van der Waals surface area contributed by atoms with Gasteiger partial charge in [0.2, 0.25) is 0 Å². The minimum Gasteiger partial charge on any atom is -0.300 e. The van der Waals surface area contributed by atoms with Crippen LogP contribution in [0, 0.1) is 0 Å². The summed E-state index contributed by atoms with van der Waals surface area (Å²) >= 11 is 5.15. The number of hydrogen-bond acceptors (Lipinski definition) is 7. The van der Waals surface area contributed by atoms with Gasteiger partial charge in [0.05, 0.1) is 18.8 Å². The number of rotatable bonds is 8. The fourth-order valence-electron chi connectivity index (χ4n) is 3.82. The normalized spacial score (nSPS) is 14.8. The summed E-state index contributed by atoms with van der Waals surface area (Å²) in [5, 5.41) is 17.6. The zero-order valence-electron chi connectivity index (χ0n) is 17.3. The summed E-state index contributed by atoms with van der Waals surface area (Å²) in [6, 6.07) is 12.7. The van der Waals surface area contributed by atoms with Crippen molar-refractivity contribution in [2.24, 2.45) is 0 Å². The molecular formula is C23H25N5S3. The van der Waals surface area contributed by atoms with E-state index in [2.05, 4.69) is 72.2 Å². The second-order valence-electron chi connectivity index (χ2n) is 7.75. The van der Waals surface area contributed by atoms with Gasteiger partial charge in [-0.3, -0.25) is 4.90 Å². The Morgan fingerprint density at radius 2 is 1.81 bits per heavy atom. The minimum absolute atomic E-state index is 0.802. The summed E-state index contributed by atoms with van der Waals surface area (Å²) < 4.78 is 2.29. The van der Waals surface area contributed by atoms with E-state index < -0.39 is 0 Å². The van der Waals surface area contributed by atoms with Gasteiger partial charge in [-0.05, 0) is 42.9 Å². The number of thioether (sulfide) groups is 1. The summed E-state index contributed by atoms with van der Waals surface area (Å²) in [7, 11) is 0. The Morgan fingerprint density at radius 1 is 0.935 bits per heavy atom. The van der Waals surface area contributed by atoms with Gasteiger partial charge in [-0.25, -0.2) is 4.98 Å². The number of thiazole rings is 1. The lowest BCUT2D eigenvalue weighted by Crippen LogP contribution is -2.30. The fourth-order valence-corrected chi connectivity index (χ4v) is 6.30. The van der Waals surface area contributed by atoms with E-state index in [4.69, 9.17) is 4.98 Å². The third-order valence-electron chi connectivity index (χ3n) is 5.46. The number of aromatic nitrogens is 4. The van der Waals surface area contributed by atoms with Crippen LogP contribution in [0.15, 0.2) is 57.7 Å². The molecule has 5 nitrogen and oxygen atoms in total. The molecule has 0 unspecified atom stereocenters. The van der Waals surface area contributed by atoms with Gasteiger partial charge in [-0.15, -0.1) is 21.5 Å². The third kappa shape index (κ3) is 5.26. The second-order valence-corrected chi connectivity index (χ2v) is 10.3. The predicted molar refractivity (Wildman–Crippen MR) is 130 cm³/mol. The largest absolute Gasteiger partial charge is 0.300 e. The van der Waals surface area contributed by atoms with E-state index >= 15 is 0 Å². The van der Waals surface area contributed by atoms with Gasteiger partial charge in [0.25, 0.3) is 0 Å². The summed E-state index contributed by atoms with van der Waals surface area (Å²) in [6.45, 7) is 3.99. The van der Waals surface area contributed by atoms with Gasteiger partial charge in [0.1, 0.15) is 10.8 Å². The van der Waals surface area contributed by atoms with Crippen LogP contribution in [0.25, 0.3) is 10.6 Å². The first-order valence-electron chi connectivity index (χ1n) is 10.6. The average Bonchev–Trinajstić information content (AvgIpc) is 3.56. The molecule has 5 rings (SSSR count). The molecule has 1 aromatic carbocycles. The van der Waals surface area contributed by atoms with Crippen molar-refractivity contribution in [3.63, 3.8) is 0 Å². The van der Waals surface area contributed by atoms with Crippen molar-refractivity contribution < 1.29 is 0 Å². The van der Waals surface area contributed by atoms with Gasteiger partial charge in [0.15, 0.2) is 5.16 Å². The summed E-state index contributed by atoms with van der Waals surface area (Å²) in [4.78, 5) is 7.33. The maximum atomic E-state index is 4.82. The Morgan fingerprint density at radius 3 is 2.61 bits per heavy atom. The first kappa shape index (κ1) is 20.9. The molecule has 8 heteroatoms. The monoisotopic (exact) mass is 467 g/mol. The maximum absolute atomic E-state index is 4.82. The van der Waals surface area contributed by atoms with Gasteiger partial charge >= 0.3 is 0 Å². The van der Waals surface area contributed by atoms with Crippen LogP contribution in [0.1, 0.15) is 36.3 Å². The summed E-state index contributed by atoms with van der Waals surface area (Å²) in [6.07, 6.45) is 3.91. The molecule has 4 heterocycles. The number of hydrogen-bond donors (Lipinski definition) is 0. The molecule has 3 aromatic heterocycles. The van der Waals surface area contributed by atoms with Crippen molar-refractivity contribution in [3.05, 3.63) is 69.6 Å². The standard InChI is InChI=1S/C23H25N5S3/c1-3-7-18(8-4-1)13-28-21(14-27-10-5-2-6-11-27)25-26-23(28)31-17-20-16-30-22(24-20)19-9-12-29-15-19/h1,3-4,7-9,12,15-16H,2,5-6,10-11,13-14,17H2. The Hall–Kier alpha value is -2.00. The Balaban J connectivity index is 1.33. The highest BCUT2D eigenvalue weighted by atomic mass is 32.2. The Kier molecular flexibility index (Phi) is 6.79. The highest BCUT2D eigenvalue weighted by molar-refractivity contribution is 7.98. The molecule has 0 amide bonds. The lowest BCUT2D eigenvalue weighted by atomic mass is 10.1. The maximum Gasteiger partial charge on any atom is 0.191 e. The van der Waals surface area contributed by atoms with Gasteiger partial charge in [-0.2, -0.15) is 11.3 Å². The van der Waals surface area contributed by atoms with Crippen LogP contribution in [-0.2, 0) is 18.8 Å². The summed E-state index contributed by atoms with van der Waals surface area (Å²) in [5.41, 5.74) is 3.59. The van der Waals surface area contributed by atoms with Crippen LogP contribution in [0.2, 0.25) is 0 Å². The van der Waals surface area contributed by atoms with Crippen molar-refractivity contribution in [1.29, 1.82) is 0 Å². The lowest BCUT2D eigenvalue weighted by Gasteiger charge is -2.26. The first-order chi connectivity index (χ1) is 15.3. The molecule has 1 fully saturated rings. The van der Waals surface area contributed by atoms with E-state index in [1.807, 2.05) is 0 Å². The zero-order valence-corrected chi connectivity index (χ0v) is 19.8. The zero-order chi connectivity index (χ0) is 20.9. The van der Waals surface area contributed by atoms with E-state index in [0.29, 0.717) is 0 Å². The first-order valence-corrected chi connectivity index (χ1v) is 13.4. The van der Waals surface area contributed by atoms with Crippen molar-refractivity contribution >= 4 is 34.4 Å². The van der Waals surface area contributed by atoms with Gasteiger partial charge < -0.3 is 4.57 Å². The molecule has 0 atom stereocenters. The molecule has 31 heavy (non-hydrogen) atoms. The predicted octanol–water partition coefficient (Wildman–Crippen LogP) is 5.79. The highest BCUT2D eigenvalue weighted by Gasteiger charge is 2.18. The molecule has 0 bridgehead atoms. The molecule has 0 N–H and O–H groups in total. The topological polar surface area (TPSA) is 46.8 Å². The van der Waals surface area contributed by atoms with Crippen molar-refractivity contribution in [2.45, 2.75) is 43.3 Å². The van der Waals surface area contributed by atoms with E-state index in [1.165, 1.54) is 30.4 Å². The van der Waals surface area contributed by atoms with Crippen LogP contribution < -0.4 is 0 Å². The van der Waals surface area contributed by atoms with Gasteiger partial charge in [-0.1, -0.05) is 48.5 Å². The summed E-state index contributed by atoms with van der Waals surface area (Å²) in [5.74, 6) is 1.86. The second kappa shape index (κ2) is 10.1. The van der Waals surface area contributed by atoms with Crippen LogP contribution in [0.3, 0.4) is 0 Å². The molecule has 0 spiro atoms. The van der Waals surface area contributed by atoms with E-state index in [1.54, 1.807) is 34.4 Å². The molecule has 0 radical (unpaired) electrons. The molecule has 0 aliphatic carbocycles. The average molecular weight is 468 g/mol. The van der Waals surface area contributed by atoms with Crippen LogP contribution in [0.4, 0.5) is 0 Å².